The summed E-state index contributed by atoms with van der Waals surface area (Å²) in [5.74, 6) is 0.807. The van der Waals surface area contributed by atoms with E-state index in [0.717, 1.165) is 53.9 Å². The lowest BCUT2D eigenvalue weighted by Gasteiger charge is -2.35. The van der Waals surface area contributed by atoms with Gasteiger partial charge in [0.15, 0.2) is 0 Å². The molecule has 1 aromatic heterocycles. The molecule has 3 rings (SSSR count). The van der Waals surface area contributed by atoms with E-state index in [9.17, 15) is 4.79 Å². The first kappa shape index (κ1) is 19.1. The highest BCUT2D eigenvalue weighted by Gasteiger charge is 2.26. The highest BCUT2D eigenvalue weighted by molar-refractivity contribution is 7.17. The summed E-state index contributed by atoms with van der Waals surface area (Å²) < 4.78 is 0. The van der Waals surface area contributed by atoms with Crippen LogP contribution in [0.2, 0.25) is 0 Å². The molecule has 1 aliphatic rings. The number of nitrogens with zero attached hydrogens (tertiary/aromatic N) is 3. The maximum Gasteiger partial charge on any atom is 0.265 e. The molecule has 0 atom stereocenters. The lowest BCUT2D eigenvalue weighted by molar-refractivity contribution is 0.0627. The molecule has 0 bridgehead atoms. The van der Waals surface area contributed by atoms with Gasteiger partial charge in [-0.2, -0.15) is 0 Å². The number of aryl methyl sites for hydroxylation is 3. The summed E-state index contributed by atoms with van der Waals surface area (Å²) in [5, 5.41) is 0.946. The minimum absolute atomic E-state index is 0.139. The fraction of sp³-hybridized carbons (Fsp3) is 0.524. The molecular weight excluding hydrogens is 342 g/mol. The van der Waals surface area contributed by atoms with Crippen LogP contribution < -0.4 is 0 Å². The zero-order valence-corrected chi connectivity index (χ0v) is 17.3. The maximum absolute atomic E-state index is 13.0. The highest BCUT2D eigenvalue weighted by atomic mass is 32.1. The molecule has 1 saturated heterocycles. The van der Waals surface area contributed by atoms with E-state index in [2.05, 4.69) is 50.8 Å². The molecule has 0 aliphatic carbocycles. The second-order valence-corrected chi connectivity index (χ2v) is 8.74. The second kappa shape index (κ2) is 7.89. The van der Waals surface area contributed by atoms with Crippen LogP contribution in [0.5, 0.6) is 0 Å². The van der Waals surface area contributed by atoms with Gasteiger partial charge in [0.25, 0.3) is 5.91 Å². The number of carbonyl (C=O) groups is 1. The first-order valence-corrected chi connectivity index (χ1v) is 10.2. The van der Waals surface area contributed by atoms with E-state index in [0.29, 0.717) is 5.92 Å². The van der Waals surface area contributed by atoms with Gasteiger partial charge in [-0.15, -0.1) is 11.3 Å². The molecule has 4 nitrogen and oxygen atoms in total. The van der Waals surface area contributed by atoms with Crippen molar-refractivity contribution in [2.24, 2.45) is 5.92 Å². The molecule has 2 heterocycles. The third-order valence-corrected chi connectivity index (χ3v) is 6.06. The molecule has 0 N–H and O–H groups in total. The fourth-order valence-corrected chi connectivity index (χ4v) is 4.68. The van der Waals surface area contributed by atoms with Gasteiger partial charge >= 0.3 is 0 Å². The number of amides is 1. The number of carbonyl (C=O) groups excluding carboxylic acids is 1. The predicted molar refractivity (Wildman–Crippen MR) is 109 cm³/mol. The van der Waals surface area contributed by atoms with Gasteiger partial charge in [-0.1, -0.05) is 37.6 Å². The van der Waals surface area contributed by atoms with Gasteiger partial charge in [-0.05, 0) is 32.3 Å². The Hall–Kier alpha value is -1.72. The van der Waals surface area contributed by atoms with E-state index in [4.69, 9.17) is 4.98 Å². The van der Waals surface area contributed by atoms with E-state index >= 15 is 0 Å². The maximum atomic E-state index is 13.0. The Morgan fingerprint density at radius 2 is 1.85 bits per heavy atom. The molecule has 0 saturated carbocycles. The minimum Gasteiger partial charge on any atom is -0.335 e. The van der Waals surface area contributed by atoms with Crippen LogP contribution in [0.15, 0.2) is 18.2 Å². The van der Waals surface area contributed by atoms with E-state index in [-0.39, 0.29) is 5.91 Å². The molecule has 1 aliphatic heterocycles. The monoisotopic (exact) mass is 371 g/mol. The summed E-state index contributed by atoms with van der Waals surface area (Å²) in [6.45, 7) is 15.3. The van der Waals surface area contributed by atoms with Crippen molar-refractivity contribution in [1.82, 2.24) is 14.8 Å². The Balaban J connectivity index is 1.74. The Morgan fingerprint density at radius 3 is 2.46 bits per heavy atom. The Bertz CT molecular complexity index is 789. The number of thiazole rings is 1. The summed E-state index contributed by atoms with van der Waals surface area (Å²) in [6, 6.07) is 6.39. The van der Waals surface area contributed by atoms with Crippen LogP contribution in [0, 0.1) is 26.7 Å². The quantitative estimate of drug-likeness (QED) is 0.810. The van der Waals surface area contributed by atoms with E-state index in [1.165, 1.54) is 22.5 Å². The van der Waals surface area contributed by atoms with Crippen molar-refractivity contribution in [3.63, 3.8) is 0 Å². The smallest absolute Gasteiger partial charge is 0.265 e. The summed E-state index contributed by atoms with van der Waals surface area (Å²) in [4.78, 5) is 22.9. The van der Waals surface area contributed by atoms with Crippen molar-refractivity contribution < 1.29 is 4.79 Å². The molecule has 2 aromatic rings. The lowest BCUT2D eigenvalue weighted by atomic mass is 10.1. The molecule has 5 heteroatoms. The van der Waals surface area contributed by atoms with Crippen molar-refractivity contribution in [3.05, 3.63) is 39.9 Å². The summed E-state index contributed by atoms with van der Waals surface area (Å²) in [5.41, 5.74) is 4.43. The zero-order valence-electron chi connectivity index (χ0n) is 16.5. The van der Waals surface area contributed by atoms with Crippen LogP contribution in [-0.4, -0.2) is 53.4 Å². The van der Waals surface area contributed by atoms with Crippen LogP contribution >= 0.6 is 11.3 Å². The zero-order chi connectivity index (χ0) is 18.8. The van der Waals surface area contributed by atoms with Gasteiger partial charge in [0, 0.05) is 38.3 Å². The summed E-state index contributed by atoms with van der Waals surface area (Å²) in [6.07, 6.45) is 0. The van der Waals surface area contributed by atoms with Gasteiger partial charge < -0.3 is 4.90 Å². The van der Waals surface area contributed by atoms with Crippen molar-refractivity contribution in [3.8, 4) is 10.6 Å². The Labute approximate surface area is 160 Å². The van der Waals surface area contributed by atoms with Crippen LogP contribution in [-0.2, 0) is 0 Å². The summed E-state index contributed by atoms with van der Waals surface area (Å²) in [7, 11) is 0. The first-order valence-electron chi connectivity index (χ1n) is 9.42. The second-order valence-electron chi connectivity index (χ2n) is 7.74. The molecule has 140 valence electrons. The van der Waals surface area contributed by atoms with Crippen molar-refractivity contribution in [2.45, 2.75) is 34.6 Å². The van der Waals surface area contributed by atoms with Gasteiger partial charge in [0.2, 0.25) is 0 Å². The first-order chi connectivity index (χ1) is 12.3. The average molecular weight is 372 g/mol. The number of hydrogen-bond acceptors (Lipinski definition) is 4. The average Bonchev–Trinajstić information content (AvgIpc) is 2.96. The molecule has 1 fully saturated rings. The SMILES string of the molecule is Cc1ccc(-c2nc(C)c(C(=O)N3CCN(CC(C)C)CC3)s2)c(C)c1. The minimum atomic E-state index is 0.139. The highest BCUT2D eigenvalue weighted by Crippen LogP contribution is 2.31. The molecule has 0 radical (unpaired) electrons. The normalized spacial score (nSPS) is 15.7. The Kier molecular flexibility index (Phi) is 5.78. The Morgan fingerprint density at radius 1 is 1.15 bits per heavy atom. The molecular formula is C21H29N3OS. The van der Waals surface area contributed by atoms with Crippen molar-refractivity contribution in [1.29, 1.82) is 0 Å². The van der Waals surface area contributed by atoms with Gasteiger partial charge in [0.1, 0.15) is 9.88 Å². The van der Waals surface area contributed by atoms with Gasteiger partial charge in [0.05, 0.1) is 5.69 Å². The van der Waals surface area contributed by atoms with E-state index in [1.807, 2.05) is 11.8 Å². The predicted octanol–water partition coefficient (Wildman–Crippen LogP) is 4.15. The van der Waals surface area contributed by atoms with Gasteiger partial charge in [-0.25, -0.2) is 4.98 Å². The molecule has 1 aromatic carbocycles. The fourth-order valence-electron chi connectivity index (χ4n) is 3.56. The molecule has 0 unspecified atom stereocenters. The number of aromatic nitrogens is 1. The number of rotatable bonds is 4. The third-order valence-electron chi connectivity index (χ3n) is 4.89. The molecule has 0 spiro atoms. The topological polar surface area (TPSA) is 36.4 Å². The van der Waals surface area contributed by atoms with Crippen LogP contribution in [0.3, 0.4) is 0 Å². The number of piperazine rings is 1. The number of benzene rings is 1. The van der Waals surface area contributed by atoms with E-state index in [1.54, 1.807) is 0 Å². The van der Waals surface area contributed by atoms with Crippen LogP contribution in [0.1, 0.15) is 40.3 Å². The third kappa shape index (κ3) is 4.15. The summed E-state index contributed by atoms with van der Waals surface area (Å²) >= 11 is 1.53. The lowest BCUT2D eigenvalue weighted by Crippen LogP contribution is -2.49. The molecule has 1 amide bonds. The molecule has 26 heavy (non-hydrogen) atoms. The largest absolute Gasteiger partial charge is 0.335 e. The number of hydrogen-bond donors (Lipinski definition) is 0. The standard InChI is InChI=1S/C21H29N3OS/c1-14(2)13-23-8-10-24(11-9-23)21(25)19-17(5)22-20(26-19)18-7-6-15(3)12-16(18)4/h6-7,12,14H,8-11,13H2,1-5H3. The van der Waals surface area contributed by atoms with Crippen molar-refractivity contribution in [2.75, 3.05) is 32.7 Å². The van der Waals surface area contributed by atoms with Crippen LogP contribution in [0.25, 0.3) is 10.6 Å². The van der Waals surface area contributed by atoms with Crippen LogP contribution in [0.4, 0.5) is 0 Å². The van der Waals surface area contributed by atoms with Gasteiger partial charge in [-0.3, -0.25) is 9.69 Å². The van der Waals surface area contributed by atoms with Crippen molar-refractivity contribution >= 4 is 17.2 Å². The van der Waals surface area contributed by atoms with E-state index < -0.39 is 0 Å².